The Balaban J connectivity index is 1.66. The second-order valence-corrected chi connectivity index (χ2v) is 10.4. The Bertz CT molecular complexity index is 1210. The van der Waals surface area contributed by atoms with Crippen LogP contribution in [0.1, 0.15) is 43.7 Å². The molecule has 4 rings (SSSR count). The first-order chi connectivity index (χ1) is 18.2. The molecule has 1 amide bonds. The summed E-state index contributed by atoms with van der Waals surface area (Å²) in [5, 5.41) is 9.73. The Morgan fingerprint density at radius 1 is 1.21 bits per heavy atom. The van der Waals surface area contributed by atoms with Crippen LogP contribution in [0.2, 0.25) is 0 Å². The largest absolute Gasteiger partial charge is 0.508 e. The molecule has 1 aliphatic heterocycles. The number of likely N-dealkylation sites (tertiary alicyclic amines) is 1. The number of phenolic OH excluding ortho intramolecular Hbond substituents is 1. The van der Waals surface area contributed by atoms with E-state index in [-0.39, 0.29) is 29.1 Å². The Labute approximate surface area is 225 Å². The van der Waals surface area contributed by atoms with E-state index in [2.05, 4.69) is 17.5 Å². The maximum atomic E-state index is 13.2. The Kier molecular flexibility index (Phi) is 8.38. The van der Waals surface area contributed by atoms with Crippen molar-refractivity contribution in [2.24, 2.45) is 0 Å². The molecule has 0 radical (unpaired) electrons. The number of rotatable bonds is 8. The van der Waals surface area contributed by atoms with Crippen molar-refractivity contribution in [3.05, 3.63) is 78.4 Å². The molecule has 1 N–H and O–H groups in total. The third-order valence-corrected chi connectivity index (χ3v) is 8.28. The highest BCUT2D eigenvalue weighted by Crippen LogP contribution is 2.54. The van der Waals surface area contributed by atoms with Crippen LogP contribution in [-0.4, -0.2) is 72.2 Å². The summed E-state index contributed by atoms with van der Waals surface area (Å²) in [4.78, 5) is 29.1. The van der Waals surface area contributed by atoms with Crippen LogP contribution in [0.4, 0.5) is 0 Å². The summed E-state index contributed by atoms with van der Waals surface area (Å²) >= 11 is 0. The molecule has 1 saturated carbocycles. The standard InChI is InChI=1S/C31H38N2O5/c1-5-17-33-18-16-30(25-9-7-11-28(20-25)38-23(2)34)21-26(14-15-31(30,22-33)37-4)32(3)29(36)13-12-24-8-6-10-27(35)19-24/h5-13,19-20,26,35H,1,14-18,21-22H2,2-4H3/t26-,30-,31-/m0/s1. The predicted molar refractivity (Wildman–Crippen MR) is 148 cm³/mol. The predicted octanol–water partition coefficient (Wildman–Crippen LogP) is 4.56. The van der Waals surface area contributed by atoms with Crippen molar-refractivity contribution < 1.29 is 24.2 Å². The summed E-state index contributed by atoms with van der Waals surface area (Å²) in [6, 6.07) is 14.6. The molecule has 38 heavy (non-hydrogen) atoms. The fourth-order valence-electron chi connectivity index (χ4n) is 6.35. The number of hydrogen-bond acceptors (Lipinski definition) is 6. The van der Waals surface area contributed by atoms with Crippen molar-refractivity contribution in [2.45, 2.75) is 49.7 Å². The molecular formula is C31H38N2O5. The van der Waals surface area contributed by atoms with Gasteiger partial charge in [-0.2, -0.15) is 0 Å². The first-order valence-corrected chi connectivity index (χ1v) is 13.1. The zero-order valence-electron chi connectivity index (χ0n) is 22.6. The Hall–Kier alpha value is -3.42. The smallest absolute Gasteiger partial charge is 0.308 e. The first kappa shape index (κ1) is 27.6. The van der Waals surface area contributed by atoms with Gasteiger partial charge in [-0.3, -0.25) is 14.5 Å². The van der Waals surface area contributed by atoms with Crippen LogP contribution in [0.15, 0.2) is 67.3 Å². The molecule has 2 aliphatic rings. The van der Waals surface area contributed by atoms with Crippen molar-refractivity contribution in [2.75, 3.05) is 33.8 Å². The molecule has 2 aromatic carbocycles. The number of esters is 1. The molecule has 1 heterocycles. The first-order valence-electron chi connectivity index (χ1n) is 13.1. The van der Waals surface area contributed by atoms with Gasteiger partial charge in [0.05, 0.1) is 5.60 Å². The molecule has 0 unspecified atom stereocenters. The number of carbonyl (C=O) groups excluding carboxylic acids is 2. The molecule has 7 heteroatoms. The number of amides is 1. The van der Waals surface area contributed by atoms with E-state index in [0.717, 1.165) is 56.4 Å². The summed E-state index contributed by atoms with van der Waals surface area (Å²) < 4.78 is 11.9. The van der Waals surface area contributed by atoms with Gasteiger partial charge in [-0.15, -0.1) is 6.58 Å². The van der Waals surface area contributed by atoms with Gasteiger partial charge in [0.15, 0.2) is 0 Å². The van der Waals surface area contributed by atoms with Crippen LogP contribution >= 0.6 is 0 Å². The molecule has 3 atom stereocenters. The van der Waals surface area contributed by atoms with E-state index in [0.29, 0.717) is 5.75 Å². The van der Waals surface area contributed by atoms with Crippen LogP contribution in [-0.2, 0) is 19.7 Å². The third-order valence-electron chi connectivity index (χ3n) is 8.28. The molecule has 1 saturated heterocycles. The van der Waals surface area contributed by atoms with Gasteiger partial charge in [-0.1, -0.05) is 30.3 Å². The van der Waals surface area contributed by atoms with Crippen LogP contribution in [0.5, 0.6) is 11.5 Å². The van der Waals surface area contributed by atoms with E-state index in [1.165, 1.54) is 6.92 Å². The monoisotopic (exact) mass is 518 g/mol. The van der Waals surface area contributed by atoms with E-state index in [4.69, 9.17) is 9.47 Å². The number of nitrogens with zero attached hydrogens (tertiary/aromatic N) is 2. The molecule has 1 aliphatic carbocycles. The quantitative estimate of drug-likeness (QED) is 0.239. The van der Waals surface area contributed by atoms with Gasteiger partial charge in [-0.05, 0) is 73.7 Å². The van der Waals surface area contributed by atoms with Crippen molar-refractivity contribution in [1.82, 2.24) is 9.80 Å². The van der Waals surface area contributed by atoms with Crippen molar-refractivity contribution in [3.63, 3.8) is 0 Å². The van der Waals surface area contributed by atoms with Gasteiger partial charge in [0.2, 0.25) is 5.91 Å². The minimum Gasteiger partial charge on any atom is -0.508 e. The fraction of sp³-hybridized carbons (Fsp3) is 0.419. The highest BCUT2D eigenvalue weighted by molar-refractivity contribution is 5.91. The van der Waals surface area contributed by atoms with Gasteiger partial charge in [0, 0.05) is 51.7 Å². The van der Waals surface area contributed by atoms with E-state index < -0.39 is 5.60 Å². The van der Waals surface area contributed by atoms with E-state index in [1.807, 2.05) is 36.2 Å². The summed E-state index contributed by atoms with van der Waals surface area (Å²) in [5.74, 6) is 0.236. The topological polar surface area (TPSA) is 79.3 Å². The number of hydrogen-bond donors (Lipinski definition) is 1. The molecule has 0 spiro atoms. The van der Waals surface area contributed by atoms with Crippen molar-refractivity contribution in [1.29, 1.82) is 0 Å². The second-order valence-electron chi connectivity index (χ2n) is 10.4. The van der Waals surface area contributed by atoms with Gasteiger partial charge >= 0.3 is 5.97 Å². The number of benzene rings is 2. The lowest BCUT2D eigenvalue weighted by atomic mass is 9.55. The number of ether oxygens (including phenoxy) is 2. The summed E-state index contributed by atoms with van der Waals surface area (Å²) in [6.45, 7) is 7.75. The van der Waals surface area contributed by atoms with Gasteiger partial charge in [0.25, 0.3) is 0 Å². The Morgan fingerprint density at radius 3 is 2.71 bits per heavy atom. The molecule has 202 valence electrons. The maximum absolute atomic E-state index is 13.2. The minimum atomic E-state index is -0.457. The Morgan fingerprint density at radius 2 is 2.00 bits per heavy atom. The normalized spacial score (nSPS) is 25.5. The van der Waals surface area contributed by atoms with Crippen molar-refractivity contribution >= 4 is 18.0 Å². The number of aromatic hydroxyl groups is 1. The average Bonchev–Trinajstić information content (AvgIpc) is 2.91. The molecule has 0 aromatic heterocycles. The third kappa shape index (κ3) is 5.54. The molecule has 0 bridgehead atoms. The highest BCUT2D eigenvalue weighted by atomic mass is 16.5. The number of fused-ring (bicyclic) bond motifs is 1. The number of methoxy groups -OCH3 is 1. The lowest BCUT2D eigenvalue weighted by Gasteiger charge is -2.60. The van der Waals surface area contributed by atoms with E-state index >= 15 is 0 Å². The number of carbonyl (C=O) groups is 2. The lowest BCUT2D eigenvalue weighted by Crippen LogP contribution is -2.68. The summed E-state index contributed by atoms with van der Waals surface area (Å²) in [5.41, 5.74) is 1.00. The molecular weight excluding hydrogens is 480 g/mol. The van der Waals surface area contributed by atoms with Crippen LogP contribution in [0.25, 0.3) is 6.08 Å². The lowest BCUT2D eigenvalue weighted by molar-refractivity contribution is -0.157. The maximum Gasteiger partial charge on any atom is 0.308 e. The number of phenols is 1. The number of piperidine rings is 1. The second kappa shape index (κ2) is 11.5. The number of likely N-dealkylation sites (N-methyl/N-ethyl adjacent to an activating group) is 1. The zero-order valence-corrected chi connectivity index (χ0v) is 22.6. The van der Waals surface area contributed by atoms with Crippen molar-refractivity contribution in [3.8, 4) is 11.5 Å². The fourth-order valence-corrected chi connectivity index (χ4v) is 6.35. The molecule has 2 fully saturated rings. The summed E-state index contributed by atoms with van der Waals surface area (Å²) in [7, 11) is 3.64. The van der Waals surface area contributed by atoms with E-state index in [1.54, 1.807) is 43.5 Å². The summed E-state index contributed by atoms with van der Waals surface area (Å²) in [6.07, 6.45) is 8.39. The van der Waals surface area contributed by atoms with Gasteiger partial charge < -0.3 is 19.5 Å². The van der Waals surface area contributed by atoms with Gasteiger partial charge in [-0.25, -0.2) is 0 Å². The van der Waals surface area contributed by atoms with Crippen LogP contribution in [0, 0.1) is 0 Å². The minimum absolute atomic E-state index is 0.00272. The zero-order chi connectivity index (χ0) is 27.3. The van der Waals surface area contributed by atoms with Crippen LogP contribution in [0.3, 0.4) is 0 Å². The average molecular weight is 519 g/mol. The van der Waals surface area contributed by atoms with Crippen LogP contribution < -0.4 is 4.74 Å². The molecule has 7 nitrogen and oxygen atoms in total. The van der Waals surface area contributed by atoms with E-state index in [9.17, 15) is 14.7 Å². The molecule has 2 aromatic rings. The highest BCUT2D eigenvalue weighted by Gasteiger charge is 2.59. The van der Waals surface area contributed by atoms with Gasteiger partial charge in [0.1, 0.15) is 11.5 Å². The SMILES string of the molecule is C=CCN1CC[C@@]2(c3cccc(OC(C)=O)c3)C[C@@H](N(C)C(=O)C=Cc3cccc(O)c3)CC[C@]2(OC)C1.